The van der Waals surface area contributed by atoms with Gasteiger partial charge in [0.15, 0.2) is 5.96 Å². The Morgan fingerprint density at radius 1 is 1.21 bits per heavy atom. The minimum atomic E-state index is -0.218. The van der Waals surface area contributed by atoms with E-state index in [9.17, 15) is 4.79 Å². The predicted octanol–water partition coefficient (Wildman–Crippen LogP) is 1.50. The third-order valence-corrected chi connectivity index (χ3v) is 5.41. The Morgan fingerprint density at radius 2 is 1.93 bits per heavy atom. The van der Waals surface area contributed by atoms with E-state index in [1.54, 1.807) is 11.2 Å². The molecule has 0 atom stereocenters. The maximum Gasteiger partial charge on any atom is 0.409 e. The molecule has 9 heteroatoms. The van der Waals surface area contributed by atoms with Gasteiger partial charge >= 0.3 is 6.09 Å². The summed E-state index contributed by atoms with van der Waals surface area (Å²) in [6, 6.07) is 0.503. The number of aliphatic imine (C=N–C) groups is 1. The van der Waals surface area contributed by atoms with Crippen molar-refractivity contribution in [2.45, 2.75) is 58.5 Å². The Morgan fingerprint density at radius 3 is 2.61 bits per heavy atom. The second kappa shape index (κ2) is 10.3. The van der Waals surface area contributed by atoms with E-state index < -0.39 is 0 Å². The molecule has 1 aliphatic heterocycles. The number of hydrogen-bond acceptors (Lipinski definition) is 5. The first-order chi connectivity index (χ1) is 13.7. The summed E-state index contributed by atoms with van der Waals surface area (Å²) < 4.78 is 7.19. The lowest BCUT2D eigenvalue weighted by Crippen LogP contribution is -2.55. The summed E-state index contributed by atoms with van der Waals surface area (Å²) in [4.78, 5) is 20.9. The number of amides is 1. The first-order valence-corrected chi connectivity index (χ1v) is 10.6. The zero-order valence-electron chi connectivity index (χ0n) is 17.1. The van der Waals surface area contributed by atoms with Crippen molar-refractivity contribution in [3.05, 3.63) is 12.2 Å². The molecule has 2 fully saturated rings. The molecule has 1 saturated carbocycles. The smallest absolute Gasteiger partial charge is 0.409 e. The Kier molecular flexibility index (Phi) is 7.50. The quantitative estimate of drug-likeness (QED) is 0.584. The highest BCUT2D eigenvalue weighted by Crippen LogP contribution is 2.18. The van der Waals surface area contributed by atoms with Crippen LogP contribution >= 0.6 is 0 Å². The third-order valence-electron chi connectivity index (χ3n) is 5.41. The lowest BCUT2D eigenvalue weighted by atomic mass is 10.2. The number of aryl methyl sites for hydroxylation is 1. The van der Waals surface area contributed by atoms with Crippen LogP contribution in [0.25, 0.3) is 0 Å². The van der Waals surface area contributed by atoms with Crippen LogP contribution in [0.5, 0.6) is 0 Å². The van der Waals surface area contributed by atoms with Gasteiger partial charge in [-0.2, -0.15) is 0 Å². The molecule has 0 spiro atoms. The van der Waals surface area contributed by atoms with Gasteiger partial charge in [-0.05, 0) is 19.8 Å². The van der Waals surface area contributed by atoms with Gasteiger partial charge in [0.05, 0.1) is 13.2 Å². The zero-order chi connectivity index (χ0) is 19.8. The summed E-state index contributed by atoms with van der Waals surface area (Å²) in [6.07, 6.45) is 7.39. The Bertz CT molecular complexity index is 646. The molecule has 156 valence electrons. The highest BCUT2D eigenvalue weighted by molar-refractivity contribution is 5.80. The van der Waals surface area contributed by atoms with Gasteiger partial charge in [0.1, 0.15) is 12.2 Å². The number of nitrogens with zero attached hydrogens (tertiary/aromatic N) is 6. The molecule has 3 rings (SSSR count). The van der Waals surface area contributed by atoms with Crippen molar-refractivity contribution in [1.82, 2.24) is 29.9 Å². The maximum absolute atomic E-state index is 11.9. The van der Waals surface area contributed by atoms with Crippen LogP contribution in [0, 0.1) is 0 Å². The summed E-state index contributed by atoms with van der Waals surface area (Å²) in [7, 11) is 0. The molecule has 1 aromatic heterocycles. The standard InChI is InChI=1S/C19H33N7O2/c1-3-17-23-21-15-26(17)10-9-20-18(22-16-7-5-6-8-16)24-11-13-25(14-12-24)19(27)28-4-2/h15-16H,3-14H2,1-2H3,(H,20,22). The van der Waals surface area contributed by atoms with E-state index in [0.29, 0.717) is 32.3 Å². The van der Waals surface area contributed by atoms with Gasteiger partial charge in [0, 0.05) is 45.2 Å². The number of aromatic nitrogens is 3. The van der Waals surface area contributed by atoms with Crippen LogP contribution in [0.2, 0.25) is 0 Å². The van der Waals surface area contributed by atoms with Crippen molar-refractivity contribution in [2.75, 3.05) is 39.3 Å². The summed E-state index contributed by atoms with van der Waals surface area (Å²) in [5, 5.41) is 11.8. The Balaban J connectivity index is 1.59. The zero-order valence-corrected chi connectivity index (χ0v) is 17.1. The van der Waals surface area contributed by atoms with E-state index >= 15 is 0 Å². The second-order valence-electron chi connectivity index (χ2n) is 7.30. The fourth-order valence-electron chi connectivity index (χ4n) is 3.81. The maximum atomic E-state index is 11.9. The topological polar surface area (TPSA) is 87.9 Å². The number of guanidine groups is 1. The van der Waals surface area contributed by atoms with E-state index in [0.717, 1.165) is 37.8 Å². The van der Waals surface area contributed by atoms with Crippen molar-refractivity contribution in [3.63, 3.8) is 0 Å². The van der Waals surface area contributed by atoms with E-state index in [-0.39, 0.29) is 6.09 Å². The van der Waals surface area contributed by atoms with Crippen molar-refractivity contribution >= 4 is 12.1 Å². The largest absolute Gasteiger partial charge is 0.450 e. The monoisotopic (exact) mass is 391 g/mol. The van der Waals surface area contributed by atoms with Gasteiger partial charge in [-0.25, -0.2) is 4.79 Å². The van der Waals surface area contributed by atoms with Crippen molar-refractivity contribution in [2.24, 2.45) is 4.99 Å². The van der Waals surface area contributed by atoms with Crippen molar-refractivity contribution < 1.29 is 9.53 Å². The molecule has 0 radical (unpaired) electrons. The lowest BCUT2D eigenvalue weighted by molar-refractivity contribution is 0.0913. The van der Waals surface area contributed by atoms with E-state index in [2.05, 4.69) is 31.9 Å². The fourth-order valence-corrected chi connectivity index (χ4v) is 3.81. The molecular formula is C19H33N7O2. The molecule has 0 bridgehead atoms. The number of nitrogens with one attached hydrogen (secondary N) is 1. The van der Waals surface area contributed by atoms with Crippen LogP contribution in [0.4, 0.5) is 4.79 Å². The molecule has 1 N–H and O–H groups in total. The first kappa shape index (κ1) is 20.4. The normalized spacial score (nSPS) is 18.6. The van der Waals surface area contributed by atoms with Gasteiger partial charge in [0.2, 0.25) is 0 Å². The Labute approximate surface area is 167 Å². The van der Waals surface area contributed by atoms with Gasteiger partial charge in [-0.1, -0.05) is 19.8 Å². The van der Waals surface area contributed by atoms with Crippen LogP contribution in [0.15, 0.2) is 11.3 Å². The summed E-state index contributed by atoms with van der Waals surface area (Å²) in [5.74, 6) is 1.95. The molecule has 0 unspecified atom stereocenters. The van der Waals surface area contributed by atoms with Gasteiger partial charge < -0.3 is 24.4 Å². The van der Waals surface area contributed by atoms with Gasteiger partial charge in [-0.3, -0.25) is 4.99 Å². The van der Waals surface area contributed by atoms with Crippen LogP contribution in [0.1, 0.15) is 45.4 Å². The first-order valence-electron chi connectivity index (χ1n) is 10.6. The third kappa shape index (κ3) is 5.36. The van der Waals surface area contributed by atoms with Crippen LogP contribution in [0.3, 0.4) is 0 Å². The molecule has 2 heterocycles. The number of ether oxygens (including phenoxy) is 1. The minimum Gasteiger partial charge on any atom is -0.450 e. The van der Waals surface area contributed by atoms with Crippen LogP contribution < -0.4 is 5.32 Å². The average molecular weight is 392 g/mol. The SMILES string of the molecule is CCOC(=O)N1CCN(C(=NCCn2cnnc2CC)NC2CCCC2)CC1. The highest BCUT2D eigenvalue weighted by atomic mass is 16.6. The summed E-state index contributed by atoms with van der Waals surface area (Å²) >= 11 is 0. The molecule has 1 amide bonds. The van der Waals surface area contributed by atoms with Gasteiger partial charge in [0.25, 0.3) is 0 Å². The number of rotatable bonds is 6. The minimum absolute atomic E-state index is 0.218. The molecule has 28 heavy (non-hydrogen) atoms. The van der Waals surface area contributed by atoms with E-state index in [1.165, 1.54) is 25.7 Å². The predicted molar refractivity (Wildman–Crippen MR) is 107 cm³/mol. The molecule has 1 aromatic rings. The lowest BCUT2D eigenvalue weighted by Gasteiger charge is -2.36. The Hall–Kier alpha value is -2.32. The fraction of sp³-hybridized carbons (Fsp3) is 0.789. The second-order valence-corrected chi connectivity index (χ2v) is 7.30. The molecular weight excluding hydrogens is 358 g/mol. The van der Waals surface area contributed by atoms with Crippen LogP contribution in [-0.2, 0) is 17.7 Å². The molecule has 9 nitrogen and oxygen atoms in total. The number of carbonyl (C=O) groups excluding carboxylic acids is 1. The van der Waals surface area contributed by atoms with Gasteiger partial charge in [-0.15, -0.1) is 10.2 Å². The van der Waals surface area contributed by atoms with Crippen molar-refractivity contribution in [1.29, 1.82) is 0 Å². The number of carbonyl (C=O) groups is 1. The number of hydrogen-bond donors (Lipinski definition) is 1. The van der Waals surface area contributed by atoms with E-state index in [4.69, 9.17) is 9.73 Å². The molecule has 2 aliphatic rings. The molecule has 1 aliphatic carbocycles. The molecule has 0 aromatic carbocycles. The van der Waals surface area contributed by atoms with Crippen molar-refractivity contribution in [3.8, 4) is 0 Å². The van der Waals surface area contributed by atoms with Crippen LogP contribution in [-0.4, -0.2) is 82.0 Å². The highest BCUT2D eigenvalue weighted by Gasteiger charge is 2.25. The summed E-state index contributed by atoms with van der Waals surface area (Å²) in [6.45, 7) is 8.65. The number of piperazine rings is 1. The summed E-state index contributed by atoms with van der Waals surface area (Å²) in [5.41, 5.74) is 0. The molecule has 1 saturated heterocycles. The van der Waals surface area contributed by atoms with E-state index in [1.807, 2.05) is 6.92 Å². The average Bonchev–Trinajstić information content (AvgIpc) is 3.39.